The van der Waals surface area contributed by atoms with Crippen molar-refractivity contribution in [2.45, 2.75) is 82.1 Å². The Hall–Kier alpha value is -3.52. The van der Waals surface area contributed by atoms with Crippen LogP contribution in [0.1, 0.15) is 61.6 Å². The Balaban J connectivity index is 1.12. The third-order valence-electron chi connectivity index (χ3n) is 10.5. The van der Waals surface area contributed by atoms with Crippen LogP contribution in [0.2, 0.25) is 0 Å². The monoisotopic (exact) mass is 747 g/mol. The fourth-order valence-corrected chi connectivity index (χ4v) is 8.28. The fourth-order valence-electron chi connectivity index (χ4n) is 7.78. The molecule has 266 valence electrons. The number of alkyl halides is 3. The minimum atomic E-state index is -4.68. The predicted octanol–water partition coefficient (Wildman–Crippen LogP) is 5.70. The van der Waals surface area contributed by atoms with Crippen molar-refractivity contribution >= 4 is 45.3 Å². The molecule has 0 bridgehead atoms. The van der Waals surface area contributed by atoms with Gasteiger partial charge >= 0.3 is 18.2 Å². The smallest absolute Gasteiger partial charge is 0.397 e. The highest BCUT2D eigenvalue weighted by Gasteiger charge is 2.37. The van der Waals surface area contributed by atoms with Crippen LogP contribution in [0.15, 0.2) is 40.9 Å². The molecule has 2 aromatic carbocycles. The zero-order valence-corrected chi connectivity index (χ0v) is 29.2. The highest BCUT2D eigenvalue weighted by atomic mass is 79.9. The number of hydrogen-bond donors (Lipinski definition) is 3. The summed E-state index contributed by atoms with van der Waals surface area (Å²) >= 11 is 3.15. The highest BCUT2D eigenvalue weighted by Crippen LogP contribution is 2.38. The number of carbonyl (C=O) groups is 3. The Morgan fingerprint density at radius 1 is 0.918 bits per heavy atom. The topological polar surface area (TPSA) is 114 Å². The lowest BCUT2D eigenvalue weighted by Gasteiger charge is -2.41. The molecule has 4 heterocycles. The van der Waals surface area contributed by atoms with Crippen molar-refractivity contribution in [2.24, 2.45) is 0 Å². The maximum absolute atomic E-state index is 14.0. The van der Waals surface area contributed by atoms with Crippen molar-refractivity contribution < 1.29 is 27.6 Å². The largest absolute Gasteiger partial charge is 0.418 e. The van der Waals surface area contributed by atoms with Crippen molar-refractivity contribution in [3.8, 4) is 0 Å². The number of benzene rings is 2. The van der Waals surface area contributed by atoms with E-state index < -0.39 is 29.5 Å². The first-order valence-corrected chi connectivity index (χ1v) is 18.2. The van der Waals surface area contributed by atoms with Crippen LogP contribution in [-0.4, -0.2) is 102 Å². The number of likely N-dealkylation sites (tertiary alicyclic amines) is 3. The summed E-state index contributed by atoms with van der Waals surface area (Å²) in [5.74, 6) is -0.303. The van der Waals surface area contributed by atoms with E-state index in [2.05, 4.69) is 31.5 Å². The summed E-state index contributed by atoms with van der Waals surface area (Å²) in [5.41, 5.74) is 6.47. The number of rotatable bonds is 6. The summed E-state index contributed by atoms with van der Waals surface area (Å²) in [6.07, 6.45) is 2.31. The maximum atomic E-state index is 14.0. The molecule has 1 atom stereocenters. The van der Waals surface area contributed by atoms with Crippen molar-refractivity contribution in [3.05, 3.63) is 57.6 Å². The first kappa shape index (κ1) is 35.3. The molecule has 0 aliphatic carbocycles. The van der Waals surface area contributed by atoms with Crippen LogP contribution in [0.25, 0.3) is 0 Å². The summed E-state index contributed by atoms with van der Waals surface area (Å²) in [6, 6.07) is 8.88. The number of carbonyl (C=O) groups excluding carboxylic acids is 3. The second kappa shape index (κ2) is 15.2. The average molecular weight is 749 g/mol. The number of nitrogens with one attached hydrogen (secondary N) is 2. The van der Waals surface area contributed by atoms with Gasteiger partial charge < -0.3 is 36.0 Å². The van der Waals surface area contributed by atoms with Gasteiger partial charge in [-0.1, -0.05) is 24.6 Å². The first-order chi connectivity index (χ1) is 23.5. The molecule has 49 heavy (non-hydrogen) atoms. The molecule has 4 aliphatic rings. The van der Waals surface area contributed by atoms with E-state index in [4.69, 9.17) is 5.73 Å². The molecule has 0 unspecified atom stereocenters. The SMILES string of the molecule is Nc1c(Br)cc(C[C@@H](NC(=O)N2CCC(N3CCc4ccccc4NC3=O)CC2)C(=O)N2CCC(N3CCCCC3)CC2)cc1C(F)(F)F. The van der Waals surface area contributed by atoms with E-state index in [9.17, 15) is 27.6 Å². The molecule has 10 nitrogen and oxygen atoms in total. The summed E-state index contributed by atoms with van der Waals surface area (Å²) < 4.78 is 41.6. The number of nitrogen functional groups attached to an aromatic ring is 1. The minimum Gasteiger partial charge on any atom is -0.397 e. The fraction of sp³-hybridized carbons (Fsp3) is 0.571. The summed E-state index contributed by atoms with van der Waals surface area (Å²) in [5, 5.41) is 5.89. The van der Waals surface area contributed by atoms with Gasteiger partial charge in [-0.05, 0) is 103 Å². The Morgan fingerprint density at radius 2 is 1.57 bits per heavy atom. The van der Waals surface area contributed by atoms with Crippen molar-refractivity contribution in [1.82, 2.24) is 24.9 Å². The van der Waals surface area contributed by atoms with E-state index in [1.807, 2.05) is 29.2 Å². The molecular formula is C35H45BrF3N7O3. The molecule has 3 saturated heterocycles. The second-order valence-electron chi connectivity index (χ2n) is 13.6. The van der Waals surface area contributed by atoms with Crippen LogP contribution < -0.4 is 16.4 Å². The van der Waals surface area contributed by atoms with Gasteiger partial charge in [-0.15, -0.1) is 0 Å². The van der Waals surface area contributed by atoms with Gasteiger partial charge in [0.1, 0.15) is 6.04 Å². The highest BCUT2D eigenvalue weighted by molar-refractivity contribution is 9.10. The summed E-state index contributed by atoms with van der Waals surface area (Å²) in [7, 11) is 0. The lowest BCUT2D eigenvalue weighted by atomic mass is 9.97. The van der Waals surface area contributed by atoms with E-state index in [0.29, 0.717) is 51.6 Å². The van der Waals surface area contributed by atoms with Crippen LogP contribution in [-0.2, 0) is 23.8 Å². The third kappa shape index (κ3) is 8.28. The van der Waals surface area contributed by atoms with Gasteiger partial charge in [-0.2, -0.15) is 13.2 Å². The zero-order valence-electron chi connectivity index (χ0n) is 27.6. The van der Waals surface area contributed by atoms with Crippen molar-refractivity contribution in [2.75, 3.05) is 56.9 Å². The number of nitrogens with two attached hydrogens (primary N) is 1. The van der Waals surface area contributed by atoms with E-state index in [0.717, 1.165) is 49.7 Å². The first-order valence-electron chi connectivity index (χ1n) is 17.4. The predicted molar refractivity (Wildman–Crippen MR) is 185 cm³/mol. The maximum Gasteiger partial charge on any atom is 0.418 e. The minimum absolute atomic E-state index is 0.0510. The van der Waals surface area contributed by atoms with Crippen LogP contribution in [0.5, 0.6) is 0 Å². The number of fused-ring (bicyclic) bond motifs is 1. The number of para-hydroxylation sites is 1. The molecule has 0 aromatic heterocycles. The molecule has 0 radical (unpaired) electrons. The van der Waals surface area contributed by atoms with Gasteiger partial charge in [-0.3, -0.25) is 4.79 Å². The zero-order chi connectivity index (χ0) is 34.7. The standard InChI is InChI=1S/C35H45BrF3N7O3/c36-28-21-23(20-27(31(28)40)35(37,38)39)22-30(32(47)44-15-9-25(10-16-44)43-13-4-1-5-14-43)42-33(48)45-17-11-26(12-18-45)46-19-8-24-6-2-3-7-29(24)41-34(46)49/h2-3,6-7,20-21,25-26,30H,1,4-5,8-19,22,40H2,(H,41,49)(H,42,48)/t30-/m1/s1. The van der Waals surface area contributed by atoms with Gasteiger partial charge in [0.15, 0.2) is 0 Å². The molecule has 14 heteroatoms. The number of nitrogens with zero attached hydrogens (tertiary/aromatic N) is 4. The lowest BCUT2D eigenvalue weighted by molar-refractivity contribution is -0.137. The van der Waals surface area contributed by atoms with Crippen LogP contribution in [0, 0.1) is 0 Å². The van der Waals surface area contributed by atoms with E-state index >= 15 is 0 Å². The number of hydrogen-bond acceptors (Lipinski definition) is 5. The number of amides is 5. The Kier molecular flexibility index (Phi) is 10.9. The number of piperidine rings is 3. The molecule has 2 aromatic rings. The number of halogens is 4. The van der Waals surface area contributed by atoms with Gasteiger partial charge in [0.2, 0.25) is 5.91 Å². The summed E-state index contributed by atoms with van der Waals surface area (Å²) in [6.45, 7) is 4.51. The van der Waals surface area contributed by atoms with Crippen molar-refractivity contribution in [1.29, 1.82) is 0 Å². The van der Waals surface area contributed by atoms with Gasteiger partial charge in [-0.25, -0.2) is 9.59 Å². The van der Waals surface area contributed by atoms with Crippen LogP contribution in [0.3, 0.4) is 0 Å². The molecule has 0 spiro atoms. The number of urea groups is 2. The normalized spacial score (nSPS) is 20.7. The van der Waals surface area contributed by atoms with E-state index in [1.165, 1.54) is 25.3 Å². The van der Waals surface area contributed by atoms with E-state index in [1.54, 1.807) is 9.80 Å². The third-order valence-corrected chi connectivity index (χ3v) is 11.2. The van der Waals surface area contributed by atoms with Gasteiger partial charge in [0.05, 0.1) is 11.3 Å². The molecule has 4 aliphatic heterocycles. The van der Waals surface area contributed by atoms with Crippen LogP contribution >= 0.6 is 15.9 Å². The second-order valence-corrected chi connectivity index (χ2v) is 14.5. The summed E-state index contributed by atoms with van der Waals surface area (Å²) in [4.78, 5) is 48.5. The van der Waals surface area contributed by atoms with E-state index in [-0.39, 0.29) is 34.4 Å². The molecule has 0 saturated carbocycles. The molecule has 6 rings (SSSR count). The average Bonchev–Trinajstić information content (AvgIpc) is 3.27. The quantitative estimate of drug-likeness (QED) is 0.328. The molecular weight excluding hydrogens is 703 g/mol. The van der Waals surface area contributed by atoms with Gasteiger partial charge in [0.25, 0.3) is 0 Å². The van der Waals surface area contributed by atoms with Gasteiger partial charge in [0, 0.05) is 61.4 Å². The Bertz CT molecular complexity index is 1520. The molecule has 3 fully saturated rings. The van der Waals surface area contributed by atoms with Crippen molar-refractivity contribution in [3.63, 3.8) is 0 Å². The molecule has 4 N–H and O–H groups in total. The molecule has 5 amide bonds. The lowest BCUT2D eigenvalue weighted by Crippen LogP contribution is -2.57. The Morgan fingerprint density at radius 3 is 2.27 bits per heavy atom. The Labute approximate surface area is 293 Å². The van der Waals surface area contributed by atoms with Crippen LogP contribution in [0.4, 0.5) is 34.1 Å². The number of anilines is 2.